The first-order valence-electron chi connectivity index (χ1n) is 7.02. The predicted molar refractivity (Wildman–Crippen MR) is 85.1 cm³/mol. The van der Waals surface area contributed by atoms with Gasteiger partial charge in [-0.05, 0) is 30.9 Å². The van der Waals surface area contributed by atoms with Crippen LogP contribution in [0.3, 0.4) is 0 Å². The van der Waals surface area contributed by atoms with E-state index in [9.17, 15) is 5.11 Å². The third kappa shape index (κ3) is 7.03. The number of benzene rings is 1. The van der Waals surface area contributed by atoms with Gasteiger partial charge in [0.1, 0.15) is 0 Å². The van der Waals surface area contributed by atoms with E-state index >= 15 is 0 Å². The van der Waals surface area contributed by atoms with Crippen molar-refractivity contribution in [2.24, 2.45) is 5.92 Å². The SMILES string of the molecule is CC(C)CNC[C@@H](O)[C@H](CCc1ccccc1)NP. The van der Waals surface area contributed by atoms with Crippen molar-refractivity contribution in [3.63, 3.8) is 0 Å². The van der Waals surface area contributed by atoms with Gasteiger partial charge in [0.25, 0.3) is 0 Å². The van der Waals surface area contributed by atoms with E-state index in [4.69, 9.17) is 0 Å². The Bertz CT molecular complexity index is 332. The first kappa shape index (κ1) is 16.6. The van der Waals surface area contributed by atoms with Crippen LogP contribution in [0.4, 0.5) is 0 Å². The highest BCUT2D eigenvalue weighted by Crippen LogP contribution is 2.08. The minimum atomic E-state index is -0.361. The topological polar surface area (TPSA) is 44.3 Å². The Balaban J connectivity index is 2.31. The van der Waals surface area contributed by atoms with E-state index in [1.165, 1.54) is 5.56 Å². The van der Waals surface area contributed by atoms with E-state index in [-0.39, 0.29) is 12.1 Å². The van der Waals surface area contributed by atoms with Gasteiger partial charge in [-0.3, -0.25) is 5.09 Å². The molecular formula is C15H27N2OP. The highest BCUT2D eigenvalue weighted by atomic mass is 31.0. The summed E-state index contributed by atoms with van der Waals surface area (Å²) < 4.78 is 0. The zero-order valence-corrected chi connectivity index (χ0v) is 13.1. The molecule has 3 N–H and O–H groups in total. The van der Waals surface area contributed by atoms with E-state index in [0.29, 0.717) is 12.5 Å². The number of aliphatic hydroxyl groups excluding tert-OH is 1. The zero-order chi connectivity index (χ0) is 14.1. The van der Waals surface area contributed by atoms with E-state index in [1.54, 1.807) is 0 Å². The Hall–Kier alpha value is -0.470. The number of hydrogen-bond acceptors (Lipinski definition) is 3. The highest BCUT2D eigenvalue weighted by Gasteiger charge is 2.16. The van der Waals surface area contributed by atoms with Gasteiger partial charge in [-0.2, -0.15) is 0 Å². The van der Waals surface area contributed by atoms with Crippen LogP contribution in [0.15, 0.2) is 30.3 Å². The Morgan fingerprint density at radius 1 is 1.16 bits per heavy atom. The number of rotatable bonds is 9. The van der Waals surface area contributed by atoms with Crippen LogP contribution in [-0.4, -0.2) is 30.3 Å². The summed E-state index contributed by atoms with van der Waals surface area (Å²) in [6.07, 6.45) is 1.55. The molecule has 0 saturated heterocycles. The van der Waals surface area contributed by atoms with Crippen LogP contribution < -0.4 is 10.4 Å². The molecule has 19 heavy (non-hydrogen) atoms. The fraction of sp³-hybridized carbons (Fsp3) is 0.600. The quantitative estimate of drug-likeness (QED) is 0.607. The lowest BCUT2D eigenvalue weighted by Gasteiger charge is -2.23. The van der Waals surface area contributed by atoms with Crippen molar-refractivity contribution in [3.8, 4) is 0 Å². The van der Waals surface area contributed by atoms with Crippen molar-refractivity contribution in [2.75, 3.05) is 13.1 Å². The van der Waals surface area contributed by atoms with Crippen LogP contribution >= 0.6 is 9.39 Å². The fourth-order valence-electron chi connectivity index (χ4n) is 2.02. The summed E-state index contributed by atoms with van der Waals surface area (Å²) in [5.41, 5.74) is 1.31. The van der Waals surface area contributed by atoms with Gasteiger partial charge in [0, 0.05) is 12.6 Å². The molecule has 1 aromatic rings. The van der Waals surface area contributed by atoms with Crippen LogP contribution in [0.5, 0.6) is 0 Å². The van der Waals surface area contributed by atoms with Crippen LogP contribution in [0.1, 0.15) is 25.8 Å². The van der Waals surface area contributed by atoms with E-state index in [0.717, 1.165) is 19.4 Å². The normalized spacial score (nSPS) is 14.6. The average Bonchev–Trinajstić information content (AvgIpc) is 2.40. The van der Waals surface area contributed by atoms with Crippen molar-refractivity contribution < 1.29 is 5.11 Å². The molecule has 3 atom stereocenters. The smallest absolute Gasteiger partial charge is 0.0820 e. The third-order valence-corrected chi connectivity index (χ3v) is 3.60. The second-order valence-electron chi connectivity index (χ2n) is 5.42. The molecule has 0 bridgehead atoms. The molecule has 108 valence electrons. The molecular weight excluding hydrogens is 255 g/mol. The largest absolute Gasteiger partial charge is 0.390 e. The summed E-state index contributed by atoms with van der Waals surface area (Å²) in [6.45, 7) is 5.92. The molecule has 4 heteroatoms. The summed E-state index contributed by atoms with van der Waals surface area (Å²) in [6, 6.07) is 10.5. The van der Waals surface area contributed by atoms with Crippen molar-refractivity contribution in [1.82, 2.24) is 10.4 Å². The minimum absolute atomic E-state index is 0.102. The van der Waals surface area contributed by atoms with E-state index in [2.05, 4.69) is 57.9 Å². The maximum atomic E-state index is 10.2. The van der Waals surface area contributed by atoms with Crippen molar-refractivity contribution in [3.05, 3.63) is 35.9 Å². The maximum absolute atomic E-state index is 10.2. The second kappa shape index (κ2) is 9.44. The third-order valence-electron chi connectivity index (χ3n) is 3.17. The van der Waals surface area contributed by atoms with E-state index in [1.807, 2.05) is 6.07 Å². The second-order valence-corrected chi connectivity index (χ2v) is 5.75. The highest BCUT2D eigenvalue weighted by molar-refractivity contribution is 7.13. The number of hydrogen-bond donors (Lipinski definition) is 3. The molecule has 0 aliphatic heterocycles. The first-order valence-corrected chi connectivity index (χ1v) is 7.60. The monoisotopic (exact) mass is 282 g/mol. The lowest BCUT2D eigenvalue weighted by molar-refractivity contribution is 0.131. The van der Waals surface area contributed by atoms with Crippen LogP contribution in [0.2, 0.25) is 0 Å². The van der Waals surface area contributed by atoms with Gasteiger partial charge >= 0.3 is 0 Å². The van der Waals surface area contributed by atoms with Crippen LogP contribution in [-0.2, 0) is 6.42 Å². The minimum Gasteiger partial charge on any atom is -0.390 e. The standard InChI is InChI=1S/C15H27N2OP/c1-12(2)10-16-11-15(18)14(17-19)9-8-13-6-4-3-5-7-13/h3-7,12,14-18H,8-11,19H2,1-2H3/t14-,15+/m0/s1. The Morgan fingerprint density at radius 3 is 2.42 bits per heavy atom. The summed E-state index contributed by atoms with van der Waals surface area (Å²) >= 11 is 0. The van der Waals surface area contributed by atoms with Crippen molar-refractivity contribution >= 4 is 9.39 Å². The Kier molecular flexibility index (Phi) is 8.24. The zero-order valence-electron chi connectivity index (χ0n) is 12.0. The molecule has 0 heterocycles. The molecule has 1 rings (SSSR count). The average molecular weight is 282 g/mol. The molecule has 3 nitrogen and oxygen atoms in total. The molecule has 0 spiro atoms. The molecule has 0 radical (unpaired) electrons. The molecule has 0 fully saturated rings. The van der Waals surface area contributed by atoms with Gasteiger partial charge in [-0.15, -0.1) is 0 Å². The van der Waals surface area contributed by atoms with Gasteiger partial charge < -0.3 is 10.4 Å². The molecule has 0 aromatic heterocycles. The van der Waals surface area contributed by atoms with Crippen LogP contribution in [0, 0.1) is 5.92 Å². The van der Waals surface area contributed by atoms with Crippen molar-refractivity contribution in [1.29, 1.82) is 0 Å². The summed E-state index contributed by atoms with van der Waals surface area (Å²) in [5.74, 6) is 0.610. The predicted octanol–water partition coefficient (Wildman–Crippen LogP) is 1.97. The maximum Gasteiger partial charge on any atom is 0.0820 e. The number of aliphatic hydroxyl groups is 1. The molecule has 1 unspecified atom stereocenters. The van der Waals surface area contributed by atoms with E-state index < -0.39 is 0 Å². The molecule has 0 amide bonds. The number of nitrogens with one attached hydrogen (secondary N) is 2. The van der Waals surface area contributed by atoms with Gasteiger partial charge in [-0.25, -0.2) is 0 Å². The van der Waals surface area contributed by atoms with Crippen molar-refractivity contribution in [2.45, 2.75) is 38.8 Å². The van der Waals surface area contributed by atoms with Crippen LogP contribution in [0.25, 0.3) is 0 Å². The summed E-state index contributed by atoms with van der Waals surface area (Å²) in [5, 5.41) is 16.6. The molecule has 0 aliphatic rings. The fourth-order valence-corrected chi connectivity index (χ4v) is 2.40. The lowest BCUT2D eigenvalue weighted by Crippen LogP contribution is -2.42. The van der Waals surface area contributed by atoms with Gasteiger partial charge in [0.15, 0.2) is 0 Å². The number of aryl methyl sites for hydroxylation is 1. The molecule has 0 aliphatic carbocycles. The molecule has 0 saturated carbocycles. The van der Waals surface area contributed by atoms with Gasteiger partial charge in [-0.1, -0.05) is 53.6 Å². The summed E-state index contributed by atoms with van der Waals surface area (Å²) in [7, 11) is 2.52. The Morgan fingerprint density at radius 2 is 1.84 bits per heavy atom. The van der Waals surface area contributed by atoms with Gasteiger partial charge in [0.05, 0.1) is 6.10 Å². The van der Waals surface area contributed by atoms with Gasteiger partial charge in [0.2, 0.25) is 0 Å². The lowest BCUT2D eigenvalue weighted by atomic mass is 10.0. The summed E-state index contributed by atoms with van der Waals surface area (Å²) in [4.78, 5) is 0. The first-order chi connectivity index (χ1) is 9.13. The Labute approximate surface area is 119 Å². The molecule has 1 aromatic carbocycles.